The van der Waals surface area contributed by atoms with Gasteiger partial charge in [0.2, 0.25) is 10.0 Å². The summed E-state index contributed by atoms with van der Waals surface area (Å²) >= 11 is 0. The number of nitrogens with zero attached hydrogens (tertiary/aromatic N) is 1. The van der Waals surface area contributed by atoms with Gasteiger partial charge in [0.05, 0.1) is 5.75 Å². The van der Waals surface area contributed by atoms with Crippen molar-refractivity contribution in [3.63, 3.8) is 0 Å². The van der Waals surface area contributed by atoms with Gasteiger partial charge in [-0.05, 0) is 18.9 Å². The Balaban J connectivity index is 0.00000625. The molecule has 6 nitrogen and oxygen atoms in total. The molecule has 0 spiro atoms. The summed E-state index contributed by atoms with van der Waals surface area (Å²) in [5, 5.41) is 6.36. The lowest BCUT2D eigenvalue weighted by Crippen LogP contribution is -2.44. The van der Waals surface area contributed by atoms with Gasteiger partial charge < -0.3 is 10.6 Å². The molecule has 0 amide bonds. The molecule has 1 aromatic carbocycles. The van der Waals surface area contributed by atoms with Crippen LogP contribution in [0.25, 0.3) is 0 Å². The second-order valence-electron chi connectivity index (χ2n) is 6.17. The van der Waals surface area contributed by atoms with Gasteiger partial charge in [0, 0.05) is 26.2 Å². The SMILES string of the molecule is CCCCCC(C)NC(=NC)NCCS(=O)(=O)NCc1ccccc1.I. The van der Waals surface area contributed by atoms with Crippen LogP contribution in [0.3, 0.4) is 0 Å². The molecule has 1 atom stereocenters. The Morgan fingerprint density at radius 2 is 1.88 bits per heavy atom. The summed E-state index contributed by atoms with van der Waals surface area (Å²) in [6.45, 7) is 4.92. The van der Waals surface area contributed by atoms with Crippen LogP contribution >= 0.6 is 24.0 Å². The molecule has 1 aromatic rings. The van der Waals surface area contributed by atoms with Crippen molar-refractivity contribution in [1.29, 1.82) is 0 Å². The molecule has 8 heteroatoms. The number of hydrogen-bond donors (Lipinski definition) is 3. The van der Waals surface area contributed by atoms with E-state index in [1.807, 2.05) is 30.3 Å². The van der Waals surface area contributed by atoms with E-state index in [2.05, 4.69) is 34.2 Å². The van der Waals surface area contributed by atoms with E-state index in [0.29, 0.717) is 25.1 Å². The van der Waals surface area contributed by atoms with Crippen LogP contribution in [0.4, 0.5) is 0 Å². The van der Waals surface area contributed by atoms with E-state index < -0.39 is 10.0 Å². The number of guanidine groups is 1. The fourth-order valence-corrected chi connectivity index (χ4v) is 3.27. The maximum Gasteiger partial charge on any atom is 0.213 e. The molecular formula is C18H33IN4O2S. The second kappa shape index (κ2) is 14.2. The van der Waals surface area contributed by atoms with Crippen molar-refractivity contribution in [3.05, 3.63) is 35.9 Å². The molecule has 0 bridgehead atoms. The van der Waals surface area contributed by atoms with Crippen LogP contribution in [0.1, 0.15) is 45.1 Å². The average Bonchev–Trinajstić information content (AvgIpc) is 2.60. The number of hydrogen-bond acceptors (Lipinski definition) is 3. The van der Waals surface area contributed by atoms with Gasteiger partial charge in [-0.15, -0.1) is 24.0 Å². The van der Waals surface area contributed by atoms with Gasteiger partial charge in [-0.25, -0.2) is 13.1 Å². The number of unbranched alkanes of at least 4 members (excludes halogenated alkanes) is 2. The van der Waals surface area contributed by atoms with Gasteiger partial charge >= 0.3 is 0 Å². The highest BCUT2D eigenvalue weighted by Gasteiger charge is 2.11. The molecule has 0 fully saturated rings. The highest BCUT2D eigenvalue weighted by Crippen LogP contribution is 2.02. The summed E-state index contributed by atoms with van der Waals surface area (Å²) in [4.78, 5) is 4.15. The molecule has 0 saturated carbocycles. The second-order valence-corrected chi connectivity index (χ2v) is 8.09. The molecular weight excluding hydrogens is 463 g/mol. The van der Waals surface area contributed by atoms with Gasteiger partial charge in [0.1, 0.15) is 0 Å². The lowest BCUT2D eigenvalue weighted by Gasteiger charge is -2.18. The Morgan fingerprint density at radius 3 is 2.50 bits per heavy atom. The molecule has 0 heterocycles. The fraction of sp³-hybridized carbons (Fsp3) is 0.611. The Kier molecular flexibility index (Phi) is 13.7. The molecule has 0 saturated heterocycles. The van der Waals surface area contributed by atoms with E-state index in [1.165, 1.54) is 19.3 Å². The molecule has 1 rings (SSSR count). The van der Waals surface area contributed by atoms with Crippen molar-refractivity contribution >= 4 is 40.0 Å². The number of halogens is 1. The number of aliphatic imine (C=N–C) groups is 1. The van der Waals surface area contributed by atoms with E-state index in [4.69, 9.17) is 0 Å². The number of rotatable bonds is 11. The third-order valence-electron chi connectivity index (χ3n) is 3.85. The van der Waals surface area contributed by atoms with Crippen molar-refractivity contribution in [1.82, 2.24) is 15.4 Å². The van der Waals surface area contributed by atoms with E-state index >= 15 is 0 Å². The first-order valence-corrected chi connectivity index (χ1v) is 10.6. The Morgan fingerprint density at radius 1 is 1.19 bits per heavy atom. The lowest BCUT2D eigenvalue weighted by molar-refractivity contribution is 0.547. The Labute approximate surface area is 175 Å². The zero-order valence-corrected chi connectivity index (χ0v) is 19.1. The van der Waals surface area contributed by atoms with Crippen molar-refractivity contribution in [3.8, 4) is 0 Å². The van der Waals surface area contributed by atoms with Crippen molar-refractivity contribution in [2.75, 3.05) is 19.3 Å². The van der Waals surface area contributed by atoms with E-state index in [0.717, 1.165) is 12.0 Å². The fourth-order valence-electron chi connectivity index (χ4n) is 2.37. The highest BCUT2D eigenvalue weighted by molar-refractivity contribution is 14.0. The smallest absolute Gasteiger partial charge is 0.213 e. The maximum absolute atomic E-state index is 12.1. The Hall–Kier alpha value is -0.870. The molecule has 0 aliphatic rings. The monoisotopic (exact) mass is 496 g/mol. The van der Waals surface area contributed by atoms with Crippen LogP contribution < -0.4 is 15.4 Å². The number of nitrogens with one attached hydrogen (secondary N) is 3. The topological polar surface area (TPSA) is 82.6 Å². The summed E-state index contributed by atoms with van der Waals surface area (Å²) in [7, 11) is -1.63. The third kappa shape index (κ3) is 11.7. The van der Waals surface area contributed by atoms with Crippen LogP contribution in [0.2, 0.25) is 0 Å². The molecule has 0 aliphatic heterocycles. The normalized spacial score (nSPS) is 13.0. The van der Waals surface area contributed by atoms with Crippen molar-refractivity contribution < 1.29 is 8.42 Å². The summed E-state index contributed by atoms with van der Waals surface area (Å²) in [6.07, 6.45) is 4.68. The molecule has 26 heavy (non-hydrogen) atoms. The molecule has 0 aromatic heterocycles. The molecule has 150 valence electrons. The third-order valence-corrected chi connectivity index (χ3v) is 5.18. The van der Waals surface area contributed by atoms with Gasteiger partial charge in [-0.2, -0.15) is 0 Å². The minimum Gasteiger partial charge on any atom is -0.355 e. The van der Waals surface area contributed by atoms with Crippen LogP contribution in [-0.2, 0) is 16.6 Å². The van der Waals surface area contributed by atoms with Gasteiger partial charge in [-0.3, -0.25) is 4.99 Å². The average molecular weight is 496 g/mol. The minimum absolute atomic E-state index is 0. The van der Waals surface area contributed by atoms with Gasteiger partial charge in [0.25, 0.3) is 0 Å². The van der Waals surface area contributed by atoms with Crippen LogP contribution in [-0.4, -0.2) is 39.8 Å². The van der Waals surface area contributed by atoms with Crippen molar-refractivity contribution in [2.45, 2.75) is 52.1 Å². The summed E-state index contributed by atoms with van der Waals surface area (Å²) in [6, 6.07) is 9.79. The lowest BCUT2D eigenvalue weighted by atomic mass is 10.1. The molecule has 0 radical (unpaired) electrons. The molecule has 0 aliphatic carbocycles. The van der Waals surface area contributed by atoms with Gasteiger partial charge in [-0.1, -0.05) is 56.5 Å². The predicted octanol–water partition coefficient (Wildman–Crippen LogP) is 2.86. The molecule has 1 unspecified atom stereocenters. The first-order chi connectivity index (χ1) is 12.0. The molecule has 3 N–H and O–H groups in total. The van der Waals surface area contributed by atoms with E-state index in [1.54, 1.807) is 7.05 Å². The summed E-state index contributed by atoms with van der Waals surface area (Å²) in [5.74, 6) is 0.646. The Bertz CT molecular complexity index is 609. The van der Waals surface area contributed by atoms with E-state index in [9.17, 15) is 8.42 Å². The number of sulfonamides is 1. The van der Waals surface area contributed by atoms with Gasteiger partial charge in [0.15, 0.2) is 5.96 Å². The largest absolute Gasteiger partial charge is 0.355 e. The summed E-state index contributed by atoms with van der Waals surface area (Å²) < 4.78 is 26.7. The minimum atomic E-state index is -3.32. The zero-order chi connectivity index (χ0) is 18.5. The maximum atomic E-state index is 12.1. The zero-order valence-electron chi connectivity index (χ0n) is 16.0. The quantitative estimate of drug-likeness (QED) is 0.191. The summed E-state index contributed by atoms with van der Waals surface area (Å²) in [5.41, 5.74) is 0.942. The van der Waals surface area contributed by atoms with Crippen molar-refractivity contribution in [2.24, 2.45) is 4.99 Å². The first kappa shape index (κ1) is 25.1. The van der Waals surface area contributed by atoms with E-state index in [-0.39, 0.29) is 29.7 Å². The van der Waals surface area contributed by atoms with Crippen LogP contribution in [0, 0.1) is 0 Å². The van der Waals surface area contributed by atoms with Crippen LogP contribution in [0.15, 0.2) is 35.3 Å². The van der Waals surface area contributed by atoms with Crippen LogP contribution in [0.5, 0.6) is 0 Å². The highest BCUT2D eigenvalue weighted by atomic mass is 127. The number of benzene rings is 1. The first-order valence-electron chi connectivity index (χ1n) is 8.95. The predicted molar refractivity (Wildman–Crippen MR) is 121 cm³/mol. The standard InChI is InChI=1S/C18H32N4O2S.HI/c1-4-5-7-10-16(2)22-18(19-3)20-13-14-25(23,24)21-15-17-11-8-6-9-12-17;/h6,8-9,11-12,16,21H,4-5,7,10,13-15H2,1-3H3,(H2,19,20,22);1H.